The van der Waals surface area contributed by atoms with Gasteiger partial charge in [0.25, 0.3) is 0 Å². The number of halogens is 3. The van der Waals surface area contributed by atoms with Crippen molar-refractivity contribution in [2.45, 2.75) is 76.4 Å². The van der Waals surface area contributed by atoms with Crippen molar-refractivity contribution in [2.75, 3.05) is 38.5 Å². The van der Waals surface area contributed by atoms with Crippen LogP contribution in [0.25, 0.3) is 22.2 Å². The normalized spacial score (nSPS) is 22.3. The third-order valence-electron chi connectivity index (χ3n) is 8.17. The topological polar surface area (TPSA) is 69.5 Å². The number of alkyl halides is 3. The van der Waals surface area contributed by atoms with Crippen LogP contribution in [0.4, 0.5) is 19.1 Å². The Labute approximate surface area is 228 Å². The molecule has 2 fully saturated rings. The van der Waals surface area contributed by atoms with Gasteiger partial charge in [0.1, 0.15) is 11.7 Å². The van der Waals surface area contributed by atoms with Gasteiger partial charge in [0.2, 0.25) is 5.95 Å². The fourth-order valence-corrected chi connectivity index (χ4v) is 5.76. The number of aromatic nitrogens is 3. The highest BCUT2D eigenvalue weighted by molar-refractivity contribution is 5.94. The summed E-state index contributed by atoms with van der Waals surface area (Å²) in [5, 5.41) is 13.4. The first-order valence-corrected chi connectivity index (χ1v) is 14.1. The lowest BCUT2D eigenvalue weighted by Gasteiger charge is -2.32. The first-order valence-electron chi connectivity index (χ1n) is 14.1. The first-order chi connectivity index (χ1) is 18.7. The number of aliphatic hydroxyl groups is 1. The van der Waals surface area contributed by atoms with Gasteiger partial charge in [-0.15, -0.1) is 0 Å². The molecular formula is C29H39F3N6O. The van der Waals surface area contributed by atoms with E-state index in [1.54, 1.807) is 13.1 Å². The first kappa shape index (κ1) is 27.9. The van der Waals surface area contributed by atoms with Crippen molar-refractivity contribution in [2.24, 2.45) is 0 Å². The van der Waals surface area contributed by atoms with Crippen LogP contribution >= 0.6 is 0 Å². The molecule has 0 radical (unpaired) electrons. The highest BCUT2D eigenvalue weighted by atomic mass is 19.4. The molecule has 1 aliphatic heterocycles. The number of hydrogen-bond acceptors (Lipinski definition) is 6. The Morgan fingerprint density at radius 1 is 1.05 bits per heavy atom. The highest BCUT2D eigenvalue weighted by Crippen LogP contribution is 2.37. The molecule has 39 heavy (non-hydrogen) atoms. The molecule has 0 spiro atoms. The maximum atomic E-state index is 13.6. The van der Waals surface area contributed by atoms with Gasteiger partial charge < -0.3 is 19.9 Å². The summed E-state index contributed by atoms with van der Waals surface area (Å²) >= 11 is 0. The molecule has 1 atom stereocenters. The van der Waals surface area contributed by atoms with Crippen molar-refractivity contribution in [3.8, 4) is 11.1 Å². The van der Waals surface area contributed by atoms with E-state index in [1.165, 1.54) is 5.56 Å². The van der Waals surface area contributed by atoms with Crippen molar-refractivity contribution >= 4 is 17.0 Å². The minimum absolute atomic E-state index is 0.0115. The third-order valence-corrected chi connectivity index (χ3v) is 8.17. The quantitative estimate of drug-likeness (QED) is 0.392. The number of anilines is 1. The van der Waals surface area contributed by atoms with Gasteiger partial charge in [-0.1, -0.05) is 37.6 Å². The van der Waals surface area contributed by atoms with E-state index in [2.05, 4.69) is 67.2 Å². The van der Waals surface area contributed by atoms with Gasteiger partial charge in [-0.2, -0.15) is 18.2 Å². The zero-order chi connectivity index (χ0) is 27.6. The second kappa shape index (κ2) is 11.8. The van der Waals surface area contributed by atoms with Crippen molar-refractivity contribution in [3.05, 3.63) is 42.2 Å². The van der Waals surface area contributed by atoms with Crippen LogP contribution in [0.5, 0.6) is 0 Å². The number of piperazine rings is 1. The van der Waals surface area contributed by atoms with Crippen LogP contribution in [-0.2, 0) is 6.54 Å². The molecule has 2 aromatic heterocycles. The summed E-state index contributed by atoms with van der Waals surface area (Å²) in [5.74, 6) is -0.0115. The van der Waals surface area contributed by atoms with Crippen LogP contribution in [0, 0.1) is 0 Å². The summed E-state index contributed by atoms with van der Waals surface area (Å²) in [7, 11) is 2.15. The SMILES string of the molecule is CCCC(Nc1ncc2c(-c3ccc(CN4CCN(C)CC4)cc3)cn(C3CCC(O)CC3)c2n1)C(F)(F)F. The van der Waals surface area contributed by atoms with Gasteiger partial charge in [-0.05, 0) is 50.3 Å². The molecule has 1 unspecified atom stereocenters. The van der Waals surface area contributed by atoms with E-state index in [9.17, 15) is 18.3 Å². The predicted octanol–water partition coefficient (Wildman–Crippen LogP) is 5.46. The lowest BCUT2D eigenvalue weighted by atomic mass is 9.93. The monoisotopic (exact) mass is 544 g/mol. The number of nitrogens with one attached hydrogen (secondary N) is 1. The third kappa shape index (κ3) is 6.56. The minimum Gasteiger partial charge on any atom is -0.393 e. The number of hydrogen-bond donors (Lipinski definition) is 2. The molecule has 1 saturated carbocycles. The number of nitrogens with zero attached hydrogens (tertiary/aromatic N) is 5. The summed E-state index contributed by atoms with van der Waals surface area (Å²) < 4.78 is 42.8. The van der Waals surface area contributed by atoms with Gasteiger partial charge in [-0.25, -0.2) is 4.98 Å². The predicted molar refractivity (Wildman–Crippen MR) is 148 cm³/mol. The molecule has 212 valence electrons. The standard InChI is InChI=1S/C29H39F3N6O/c1-3-4-26(29(30,31)32)34-28-33-17-24-25(19-38(27(24)35-28)22-9-11-23(39)12-10-22)21-7-5-20(6-8-21)18-37-15-13-36(2)14-16-37/h5-8,17,19,22-23,26,39H,3-4,9-16,18H2,1-2H3,(H,33,34,35). The zero-order valence-corrected chi connectivity index (χ0v) is 22.8. The fraction of sp³-hybridized carbons (Fsp3) is 0.586. The van der Waals surface area contributed by atoms with E-state index >= 15 is 0 Å². The largest absolute Gasteiger partial charge is 0.408 e. The molecule has 5 rings (SSSR count). The summed E-state index contributed by atoms with van der Waals surface area (Å²) in [6.45, 7) is 6.92. The zero-order valence-electron chi connectivity index (χ0n) is 22.8. The van der Waals surface area contributed by atoms with E-state index in [1.807, 2.05) is 0 Å². The van der Waals surface area contributed by atoms with E-state index in [-0.39, 0.29) is 24.5 Å². The molecule has 0 amide bonds. The number of likely N-dealkylation sites (N-methyl/N-ethyl adjacent to an activating group) is 1. The van der Waals surface area contributed by atoms with Gasteiger partial charge >= 0.3 is 6.18 Å². The minimum atomic E-state index is -4.38. The Bertz CT molecular complexity index is 1230. The van der Waals surface area contributed by atoms with Crippen LogP contribution < -0.4 is 5.32 Å². The van der Waals surface area contributed by atoms with Gasteiger partial charge in [0.05, 0.1) is 6.10 Å². The lowest BCUT2D eigenvalue weighted by molar-refractivity contribution is -0.143. The van der Waals surface area contributed by atoms with E-state index in [0.717, 1.165) is 62.1 Å². The Balaban J connectivity index is 1.45. The van der Waals surface area contributed by atoms with E-state index in [4.69, 9.17) is 0 Å². The number of rotatable bonds is 8. The average Bonchev–Trinajstić information content (AvgIpc) is 3.29. The molecule has 2 aliphatic rings. The Hall–Kier alpha value is -2.69. The van der Waals surface area contributed by atoms with Crippen molar-refractivity contribution in [3.63, 3.8) is 0 Å². The van der Waals surface area contributed by atoms with Crippen molar-refractivity contribution in [1.29, 1.82) is 0 Å². The molecular weight excluding hydrogens is 505 g/mol. The summed E-state index contributed by atoms with van der Waals surface area (Å²) in [4.78, 5) is 13.7. The molecule has 1 aromatic carbocycles. The molecule has 2 N–H and O–H groups in total. The lowest BCUT2D eigenvalue weighted by Crippen LogP contribution is -2.43. The number of benzene rings is 1. The van der Waals surface area contributed by atoms with Crippen molar-refractivity contribution in [1.82, 2.24) is 24.3 Å². The Morgan fingerprint density at radius 3 is 2.38 bits per heavy atom. The number of aliphatic hydroxyl groups excluding tert-OH is 1. The highest BCUT2D eigenvalue weighted by Gasteiger charge is 2.39. The van der Waals surface area contributed by atoms with E-state index in [0.29, 0.717) is 24.9 Å². The second-order valence-electron chi connectivity index (χ2n) is 11.1. The molecule has 1 aliphatic carbocycles. The number of fused-ring (bicyclic) bond motifs is 1. The maximum Gasteiger partial charge on any atom is 0.408 e. The summed E-state index contributed by atoms with van der Waals surface area (Å²) in [6.07, 6.45) is 2.36. The van der Waals surface area contributed by atoms with Crippen molar-refractivity contribution < 1.29 is 18.3 Å². The van der Waals surface area contributed by atoms with Gasteiger partial charge in [0, 0.05) is 62.1 Å². The summed E-state index contributed by atoms with van der Waals surface area (Å²) in [5.41, 5.74) is 3.88. The fourth-order valence-electron chi connectivity index (χ4n) is 5.76. The molecule has 3 heterocycles. The summed E-state index contributed by atoms with van der Waals surface area (Å²) in [6, 6.07) is 6.97. The van der Waals surface area contributed by atoms with Crippen LogP contribution in [0.15, 0.2) is 36.7 Å². The Morgan fingerprint density at radius 2 is 1.74 bits per heavy atom. The van der Waals surface area contributed by atoms with Crippen LogP contribution in [0.3, 0.4) is 0 Å². The molecule has 0 bridgehead atoms. The van der Waals surface area contributed by atoms with Gasteiger partial charge in [-0.3, -0.25) is 4.90 Å². The maximum absolute atomic E-state index is 13.6. The van der Waals surface area contributed by atoms with Crippen LogP contribution in [-0.4, -0.2) is 81.0 Å². The Kier molecular flexibility index (Phi) is 8.44. The molecule has 1 saturated heterocycles. The average molecular weight is 545 g/mol. The molecule has 3 aromatic rings. The van der Waals surface area contributed by atoms with Crippen LogP contribution in [0.2, 0.25) is 0 Å². The molecule has 7 nitrogen and oxygen atoms in total. The second-order valence-corrected chi connectivity index (χ2v) is 11.1. The van der Waals surface area contributed by atoms with Crippen LogP contribution in [0.1, 0.15) is 57.1 Å². The van der Waals surface area contributed by atoms with E-state index < -0.39 is 12.2 Å². The smallest absolute Gasteiger partial charge is 0.393 e. The molecule has 10 heteroatoms. The van der Waals surface area contributed by atoms with Gasteiger partial charge in [0.15, 0.2) is 0 Å².